The molecular weight excluding hydrogens is 266 g/mol. The van der Waals surface area contributed by atoms with Crippen LogP contribution in [-0.4, -0.2) is 56.5 Å². The number of methoxy groups -OCH3 is 1. The highest BCUT2D eigenvalue weighted by atomic mass is 16.5. The molecule has 1 aromatic rings. The summed E-state index contributed by atoms with van der Waals surface area (Å²) in [6.07, 6.45) is 0. The SMILES string of the molecule is COc1cc(N)cc(C(=O)N(CCN(C)C)CC(C)C)c1. The van der Waals surface area contributed by atoms with Crippen molar-refractivity contribution in [2.45, 2.75) is 13.8 Å². The van der Waals surface area contributed by atoms with Gasteiger partial charge in [0.05, 0.1) is 7.11 Å². The molecule has 118 valence electrons. The van der Waals surface area contributed by atoms with Crippen molar-refractivity contribution >= 4 is 11.6 Å². The van der Waals surface area contributed by atoms with Gasteiger partial charge in [-0.2, -0.15) is 0 Å². The Labute approximate surface area is 127 Å². The summed E-state index contributed by atoms with van der Waals surface area (Å²) in [6.45, 7) is 6.47. The minimum atomic E-state index is -0.00356. The molecular formula is C16H27N3O2. The van der Waals surface area contributed by atoms with Crippen LogP contribution in [0, 0.1) is 5.92 Å². The van der Waals surface area contributed by atoms with Crippen molar-refractivity contribution in [2.75, 3.05) is 46.6 Å². The minimum Gasteiger partial charge on any atom is -0.497 e. The topological polar surface area (TPSA) is 58.8 Å². The molecule has 0 saturated heterocycles. The van der Waals surface area contributed by atoms with Crippen LogP contribution in [0.5, 0.6) is 5.75 Å². The highest BCUT2D eigenvalue weighted by molar-refractivity contribution is 5.95. The molecule has 0 aliphatic carbocycles. The normalized spacial score (nSPS) is 11.0. The van der Waals surface area contributed by atoms with Crippen LogP contribution in [0.15, 0.2) is 18.2 Å². The number of nitrogen functional groups attached to an aromatic ring is 1. The van der Waals surface area contributed by atoms with Gasteiger partial charge in [0.2, 0.25) is 0 Å². The van der Waals surface area contributed by atoms with E-state index in [-0.39, 0.29) is 5.91 Å². The number of likely N-dealkylation sites (N-methyl/N-ethyl adjacent to an activating group) is 1. The van der Waals surface area contributed by atoms with E-state index in [4.69, 9.17) is 10.5 Å². The third-order valence-electron chi connectivity index (χ3n) is 3.10. The van der Waals surface area contributed by atoms with Crippen molar-refractivity contribution in [3.8, 4) is 5.75 Å². The summed E-state index contributed by atoms with van der Waals surface area (Å²) in [7, 11) is 5.57. The fourth-order valence-corrected chi connectivity index (χ4v) is 2.08. The third-order valence-corrected chi connectivity index (χ3v) is 3.10. The molecule has 0 unspecified atom stereocenters. The monoisotopic (exact) mass is 293 g/mol. The highest BCUT2D eigenvalue weighted by Gasteiger charge is 2.18. The van der Waals surface area contributed by atoms with Gasteiger partial charge in [0.15, 0.2) is 0 Å². The van der Waals surface area contributed by atoms with E-state index in [0.29, 0.717) is 29.5 Å². The molecule has 0 atom stereocenters. The maximum absolute atomic E-state index is 12.7. The largest absolute Gasteiger partial charge is 0.497 e. The van der Waals surface area contributed by atoms with E-state index < -0.39 is 0 Å². The van der Waals surface area contributed by atoms with E-state index in [2.05, 4.69) is 18.7 Å². The van der Waals surface area contributed by atoms with E-state index in [9.17, 15) is 4.79 Å². The van der Waals surface area contributed by atoms with Gasteiger partial charge in [-0.25, -0.2) is 0 Å². The summed E-state index contributed by atoms with van der Waals surface area (Å²) in [6, 6.07) is 5.15. The smallest absolute Gasteiger partial charge is 0.254 e. The molecule has 21 heavy (non-hydrogen) atoms. The van der Waals surface area contributed by atoms with Gasteiger partial charge in [-0.3, -0.25) is 4.79 Å². The van der Waals surface area contributed by atoms with Crippen molar-refractivity contribution in [3.63, 3.8) is 0 Å². The first kappa shape index (κ1) is 17.3. The molecule has 0 aliphatic heterocycles. The average molecular weight is 293 g/mol. The van der Waals surface area contributed by atoms with Crippen molar-refractivity contribution < 1.29 is 9.53 Å². The molecule has 0 aromatic heterocycles. The lowest BCUT2D eigenvalue weighted by atomic mass is 10.1. The van der Waals surface area contributed by atoms with Crippen LogP contribution >= 0.6 is 0 Å². The standard InChI is InChI=1S/C16H27N3O2/c1-12(2)11-19(7-6-18(3)4)16(20)13-8-14(17)10-15(9-13)21-5/h8-10,12H,6-7,11,17H2,1-5H3. The minimum absolute atomic E-state index is 0.00356. The fraction of sp³-hybridized carbons (Fsp3) is 0.562. The summed E-state index contributed by atoms with van der Waals surface area (Å²) in [5.74, 6) is 1.02. The van der Waals surface area contributed by atoms with E-state index in [1.807, 2.05) is 19.0 Å². The first-order valence-electron chi connectivity index (χ1n) is 7.22. The number of hydrogen-bond donors (Lipinski definition) is 1. The zero-order valence-electron chi connectivity index (χ0n) is 13.7. The van der Waals surface area contributed by atoms with Crippen molar-refractivity contribution in [1.29, 1.82) is 0 Å². The molecule has 0 fully saturated rings. The Morgan fingerprint density at radius 2 is 1.90 bits per heavy atom. The second-order valence-corrected chi connectivity index (χ2v) is 5.94. The molecule has 0 spiro atoms. The Morgan fingerprint density at radius 3 is 2.43 bits per heavy atom. The lowest BCUT2D eigenvalue weighted by Gasteiger charge is -2.26. The lowest BCUT2D eigenvalue weighted by Crippen LogP contribution is -2.39. The Morgan fingerprint density at radius 1 is 1.24 bits per heavy atom. The van der Waals surface area contributed by atoms with Crippen LogP contribution in [0.1, 0.15) is 24.2 Å². The molecule has 5 nitrogen and oxygen atoms in total. The number of carbonyl (C=O) groups is 1. The molecule has 1 rings (SSSR count). The number of amides is 1. The van der Waals surface area contributed by atoms with Gasteiger partial charge >= 0.3 is 0 Å². The van der Waals surface area contributed by atoms with Crippen molar-refractivity contribution in [1.82, 2.24) is 9.80 Å². The quantitative estimate of drug-likeness (QED) is 0.781. The third kappa shape index (κ3) is 5.63. The van der Waals surface area contributed by atoms with Crippen LogP contribution in [0.3, 0.4) is 0 Å². The number of ether oxygens (including phenoxy) is 1. The van der Waals surface area contributed by atoms with Gasteiger partial charge in [0.25, 0.3) is 5.91 Å². The van der Waals surface area contributed by atoms with E-state index in [0.717, 1.165) is 13.1 Å². The number of rotatable bonds is 7. The van der Waals surface area contributed by atoms with Gasteiger partial charge < -0.3 is 20.3 Å². The van der Waals surface area contributed by atoms with Gasteiger partial charge in [-0.05, 0) is 32.1 Å². The Hall–Kier alpha value is -1.75. The molecule has 2 N–H and O–H groups in total. The molecule has 0 bridgehead atoms. The lowest BCUT2D eigenvalue weighted by molar-refractivity contribution is 0.0724. The Bertz CT molecular complexity index is 473. The predicted octanol–water partition coefficient (Wildman–Crippen LogP) is 1.94. The summed E-state index contributed by atoms with van der Waals surface area (Å²) in [5, 5.41) is 0. The highest BCUT2D eigenvalue weighted by Crippen LogP contribution is 2.20. The maximum atomic E-state index is 12.7. The Kier molecular flexibility index (Phi) is 6.49. The van der Waals surface area contributed by atoms with Gasteiger partial charge in [0.1, 0.15) is 5.75 Å². The zero-order valence-corrected chi connectivity index (χ0v) is 13.7. The molecule has 0 heterocycles. The predicted molar refractivity (Wildman–Crippen MR) is 86.7 cm³/mol. The van der Waals surface area contributed by atoms with Gasteiger partial charge in [-0.1, -0.05) is 13.8 Å². The summed E-state index contributed by atoms with van der Waals surface area (Å²) in [4.78, 5) is 16.7. The van der Waals surface area contributed by atoms with E-state index >= 15 is 0 Å². The number of nitrogens with two attached hydrogens (primary N) is 1. The van der Waals surface area contributed by atoms with E-state index in [1.54, 1.807) is 25.3 Å². The zero-order chi connectivity index (χ0) is 16.0. The van der Waals surface area contributed by atoms with Crippen molar-refractivity contribution in [3.05, 3.63) is 23.8 Å². The van der Waals surface area contributed by atoms with Gasteiger partial charge in [0, 0.05) is 37.0 Å². The first-order chi connectivity index (χ1) is 9.83. The number of carbonyl (C=O) groups excluding carboxylic acids is 1. The average Bonchev–Trinajstić information content (AvgIpc) is 2.41. The molecule has 0 saturated carbocycles. The Balaban J connectivity index is 2.95. The second kappa shape index (κ2) is 7.88. The first-order valence-corrected chi connectivity index (χ1v) is 7.22. The summed E-state index contributed by atoms with van der Waals surface area (Å²) < 4.78 is 5.19. The van der Waals surface area contributed by atoms with Crippen LogP contribution in [-0.2, 0) is 0 Å². The molecule has 5 heteroatoms. The molecule has 0 aliphatic rings. The number of hydrogen-bond acceptors (Lipinski definition) is 4. The van der Waals surface area contributed by atoms with Crippen molar-refractivity contribution in [2.24, 2.45) is 5.92 Å². The number of nitrogens with zero attached hydrogens (tertiary/aromatic N) is 2. The summed E-state index contributed by atoms with van der Waals surface area (Å²) in [5.41, 5.74) is 6.95. The molecule has 1 aromatic carbocycles. The van der Waals surface area contributed by atoms with Crippen LogP contribution in [0.4, 0.5) is 5.69 Å². The van der Waals surface area contributed by atoms with Crippen LogP contribution in [0.2, 0.25) is 0 Å². The number of anilines is 1. The number of benzene rings is 1. The van der Waals surface area contributed by atoms with Gasteiger partial charge in [-0.15, -0.1) is 0 Å². The fourth-order valence-electron chi connectivity index (χ4n) is 2.08. The van der Waals surface area contributed by atoms with Crippen LogP contribution in [0.25, 0.3) is 0 Å². The second-order valence-electron chi connectivity index (χ2n) is 5.94. The van der Waals surface area contributed by atoms with Crippen LogP contribution < -0.4 is 10.5 Å². The summed E-state index contributed by atoms with van der Waals surface area (Å²) >= 11 is 0. The molecule has 0 radical (unpaired) electrons. The molecule has 1 amide bonds. The van der Waals surface area contributed by atoms with E-state index in [1.165, 1.54) is 0 Å². The maximum Gasteiger partial charge on any atom is 0.254 e.